The first-order chi connectivity index (χ1) is 32.7. The zero-order chi connectivity index (χ0) is 49.0. The molecule has 0 saturated carbocycles. The molecular weight excluding hydrogens is 864 g/mol. The molecule has 0 bridgehead atoms. The SMILES string of the molecule is CCCCCCCCC/C=C/C/C=C/C/C=C/C/C=C/CCCC(=O)O[C@H](COC(=O)CCC/C=C/CC/C=C/CCCCCCCCCCCCCCCC)COP(=O)(O)OC[C@@H](O)CO. The van der Waals surface area contributed by atoms with E-state index in [9.17, 15) is 24.2 Å². The fraction of sp³-hybridized carbons (Fsp3) is 0.750. The molecule has 0 aliphatic carbocycles. The number of carbonyl (C=O) groups excluding carboxylic acids is 2. The monoisotopic (exact) mass is 963 g/mol. The summed E-state index contributed by atoms with van der Waals surface area (Å²) in [6.45, 7) is 2.30. The molecule has 0 amide bonds. The normalized spacial score (nSPS) is 14.2. The van der Waals surface area contributed by atoms with Crippen LogP contribution in [-0.2, 0) is 32.7 Å². The van der Waals surface area contributed by atoms with Crippen molar-refractivity contribution < 1.29 is 47.8 Å². The van der Waals surface area contributed by atoms with Crippen LogP contribution in [0.1, 0.15) is 232 Å². The summed E-state index contributed by atoms with van der Waals surface area (Å²) in [5, 5.41) is 18.4. The lowest BCUT2D eigenvalue weighted by Gasteiger charge is -2.20. The molecular formula is C56H99O10P. The van der Waals surface area contributed by atoms with Crippen LogP contribution in [0.2, 0.25) is 0 Å². The maximum atomic E-state index is 12.7. The maximum absolute atomic E-state index is 12.7. The summed E-state index contributed by atoms with van der Waals surface area (Å²) in [4.78, 5) is 35.2. The number of unbranched alkanes of at least 4 members (excludes halogenated alkanes) is 24. The van der Waals surface area contributed by atoms with Crippen LogP contribution in [0.3, 0.4) is 0 Å². The Hall–Kier alpha value is -2.59. The van der Waals surface area contributed by atoms with Crippen molar-refractivity contribution >= 4 is 19.8 Å². The Labute approximate surface area is 409 Å². The number of carbonyl (C=O) groups is 2. The summed E-state index contributed by atoms with van der Waals surface area (Å²) in [7, 11) is -4.65. The molecule has 0 radical (unpaired) electrons. The predicted octanol–water partition coefficient (Wildman–Crippen LogP) is 15.6. The van der Waals surface area contributed by atoms with Gasteiger partial charge in [-0.3, -0.25) is 18.6 Å². The molecule has 1 unspecified atom stereocenters. The molecule has 3 N–H and O–H groups in total. The van der Waals surface area contributed by atoms with Crippen LogP contribution in [-0.4, -0.2) is 65.7 Å². The number of rotatable bonds is 50. The van der Waals surface area contributed by atoms with Gasteiger partial charge in [-0.2, -0.15) is 0 Å². The Kier molecular flexibility index (Phi) is 49.3. The zero-order valence-electron chi connectivity index (χ0n) is 42.6. The average molecular weight is 963 g/mol. The van der Waals surface area contributed by atoms with Gasteiger partial charge in [0.1, 0.15) is 12.7 Å². The average Bonchev–Trinajstić information content (AvgIpc) is 3.32. The van der Waals surface area contributed by atoms with Crippen molar-refractivity contribution in [2.24, 2.45) is 0 Å². The number of hydrogen-bond donors (Lipinski definition) is 3. The van der Waals surface area contributed by atoms with E-state index in [0.29, 0.717) is 19.3 Å². The van der Waals surface area contributed by atoms with Crippen molar-refractivity contribution in [2.75, 3.05) is 26.4 Å². The van der Waals surface area contributed by atoms with Crippen molar-refractivity contribution in [1.82, 2.24) is 0 Å². The summed E-state index contributed by atoms with van der Waals surface area (Å²) >= 11 is 0. The van der Waals surface area contributed by atoms with Gasteiger partial charge in [0.2, 0.25) is 0 Å². The van der Waals surface area contributed by atoms with Gasteiger partial charge in [-0.25, -0.2) is 4.57 Å². The van der Waals surface area contributed by atoms with Gasteiger partial charge in [0, 0.05) is 12.8 Å². The minimum atomic E-state index is -4.65. The van der Waals surface area contributed by atoms with E-state index in [0.717, 1.165) is 44.9 Å². The molecule has 0 spiro atoms. The van der Waals surface area contributed by atoms with Crippen LogP contribution in [0.4, 0.5) is 0 Å². The second kappa shape index (κ2) is 51.3. The number of phosphoric ester groups is 1. The number of aliphatic hydroxyl groups excluding tert-OH is 2. The lowest BCUT2D eigenvalue weighted by Crippen LogP contribution is -2.29. The Balaban J connectivity index is 4.30. The highest BCUT2D eigenvalue weighted by Gasteiger charge is 2.27. The van der Waals surface area contributed by atoms with Gasteiger partial charge in [0.05, 0.1) is 19.8 Å². The molecule has 10 nitrogen and oxygen atoms in total. The van der Waals surface area contributed by atoms with Crippen molar-refractivity contribution in [3.8, 4) is 0 Å². The molecule has 3 atom stereocenters. The van der Waals surface area contributed by atoms with E-state index in [2.05, 4.69) is 80.7 Å². The number of ether oxygens (including phenoxy) is 2. The lowest BCUT2D eigenvalue weighted by atomic mass is 10.0. The fourth-order valence-electron chi connectivity index (χ4n) is 7.18. The number of phosphoric acid groups is 1. The second-order valence-electron chi connectivity index (χ2n) is 17.9. The number of allylic oxidation sites excluding steroid dienone is 12. The van der Waals surface area contributed by atoms with E-state index < -0.39 is 51.8 Å². The van der Waals surface area contributed by atoms with Gasteiger partial charge in [0.25, 0.3) is 0 Å². The standard InChI is InChI=1S/C56H99O10P/c1-3-5-7-9-11-13-15-17-19-21-23-25-26-28-29-31-33-35-37-39-41-43-45-47-55(59)63-51-54(52-65-67(61,62)64-50-53(58)49-57)66-56(60)48-46-44-42-40-38-36-34-32-30-27-24-22-20-18-16-14-12-10-8-6-4-2/h20,22,27,30-31,33-34,36,39-42,53-54,57-58H,3-19,21,23-26,28-29,32,35,37-38,43-52H2,1-2H3,(H,61,62)/b22-20+,30-27+,33-31+,36-34+,41-39+,42-40+/t53-,54+/m0/s1. The Morgan fingerprint density at radius 3 is 1.22 bits per heavy atom. The second-order valence-corrected chi connectivity index (χ2v) is 19.3. The molecule has 0 aliphatic rings. The first kappa shape index (κ1) is 64.4. The first-order valence-corrected chi connectivity index (χ1v) is 28.4. The molecule has 67 heavy (non-hydrogen) atoms. The summed E-state index contributed by atoms with van der Waals surface area (Å²) in [6, 6.07) is 0. The van der Waals surface area contributed by atoms with Crippen molar-refractivity contribution in [1.29, 1.82) is 0 Å². The smallest absolute Gasteiger partial charge is 0.462 e. The fourth-order valence-corrected chi connectivity index (χ4v) is 7.97. The quantitative estimate of drug-likeness (QED) is 0.0233. The topological polar surface area (TPSA) is 149 Å². The summed E-state index contributed by atoms with van der Waals surface area (Å²) in [5.74, 6) is -1.04. The lowest BCUT2D eigenvalue weighted by molar-refractivity contribution is -0.161. The summed E-state index contributed by atoms with van der Waals surface area (Å²) in [6.07, 6.45) is 61.9. The minimum absolute atomic E-state index is 0.0977. The van der Waals surface area contributed by atoms with E-state index in [1.165, 1.54) is 141 Å². The molecule has 0 rings (SSSR count). The van der Waals surface area contributed by atoms with Crippen molar-refractivity contribution in [3.05, 3.63) is 72.9 Å². The van der Waals surface area contributed by atoms with Gasteiger partial charge in [-0.1, -0.05) is 209 Å². The molecule has 0 fully saturated rings. The highest BCUT2D eigenvalue weighted by atomic mass is 31.2. The zero-order valence-corrected chi connectivity index (χ0v) is 43.5. The van der Waals surface area contributed by atoms with Crippen molar-refractivity contribution in [3.63, 3.8) is 0 Å². The third-order valence-electron chi connectivity index (χ3n) is 11.3. The van der Waals surface area contributed by atoms with Gasteiger partial charge < -0.3 is 24.6 Å². The molecule has 0 saturated heterocycles. The van der Waals surface area contributed by atoms with E-state index >= 15 is 0 Å². The molecule has 0 aliphatic heterocycles. The van der Waals surface area contributed by atoms with Crippen molar-refractivity contribution in [2.45, 2.75) is 244 Å². The molecule has 388 valence electrons. The molecule has 0 aromatic heterocycles. The molecule has 0 heterocycles. The van der Waals surface area contributed by atoms with Crippen LogP contribution < -0.4 is 0 Å². The predicted molar refractivity (Wildman–Crippen MR) is 279 cm³/mol. The van der Waals surface area contributed by atoms with E-state index in [1.807, 2.05) is 6.08 Å². The van der Waals surface area contributed by atoms with Crippen LogP contribution >= 0.6 is 7.82 Å². The van der Waals surface area contributed by atoms with Gasteiger partial charge in [-0.05, 0) is 83.5 Å². The third-order valence-corrected chi connectivity index (χ3v) is 12.3. The largest absolute Gasteiger partial charge is 0.472 e. The van der Waals surface area contributed by atoms with Gasteiger partial charge in [-0.15, -0.1) is 0 Å². The van der Waals surface area contributed by atoms with Crippen LogP contribution in [0.25, 0.3) is 0 Å². The van der Waals surface area contributed by atoms with Crippen LogP contribution in [0.5, 0.6) is 0 Å². The molecule has 11 heteroatoms. The summed E-state index contributed by atoms with van der Waals surface area (Å²) < 4.78 is 32.8. The minimum Gasteiger partial charge on any atom is -0.462 e. The molecule has 0 aromatic carbocycles. The van der Waals surface area contributed by atoms with Gasteiger partial charge in [0.15, 0.2) is 6.10 Å². The van der Waals surface area contributed by atoms with E-state index in [-0.39, 0.29) is 19.4 Å². The maximum Gasteiger partial charge on any atom is 0.472 e. The van der Waals surface area contributed by atoms with Crippen LogP contribution in [0.15, 0.2) is 72.9 Å². The number of esters is 2. The van der Waals surface area contributed by atoms with Crippen LogP contribution in [0, 0.1) is 0 Å². The Morgan fingerprint density at radius 2 is 0.791 bits per heavy atom. The van der Waals surface area contributed by atoms with E-state index in [4.69, 9.17) is 23.6 Å². The third kappa shape index (κ3) is 51.1. The number of hydrogen-bond acceptors (Lipinski definition) is 9. The number of aliphatic hydroxyl groups is 2. The van der Waals surface area contributed by atoms with E-state index in [1.54, 1.807) is 0 Å². The highest BCUT2D eigenvalue weighted by Crippen LogP contribution is 2.43. The highest BCUT2D eigenvalue weighted by molar-refractivity contribution is 7.47. The molecule has 0 aromatic rings. The first-order valence-electron chi connectivity index (χ1n) is 26.9. The summed E-state index contributed by atoms with van der Waals surface area (Å²) in [5.41, 5.74) is 0. The van der Waals surface area contributed by atoms with Gasteiger partial charge >= 0.3 is 19.8 Å². The Bertz CT molecular complexity index is 1340. The Morgan fingerprint density at radius 1 is 0.448 bits per heavy atom.